The van der Waals surface area contributed by atoms with E-state index in [1.54, 1.807) is 18.6 Å². The Morgan fingerprint density at radius 1 is 1.50 bits per heavy atom. The number of carbonyl (C=O) groups excluding carboxylic acids is 1. The maximum absolute atomic E-state index is 11.0. The van der Waals surface area contributed by atoms with Crippen LogP contribution >= 0.6 is 0 Å². The molecule has 1 aromatic rings. The van der Waals surface area contributed by atoms with Gasteiger partial charge in [-0.1, -0.05) is 0 Å². The number of hydrogen-bond acceptors (Lipinski definition) is 3. The summed E-state index contributed by atoms with van der Waals surface area (Å²) in [5.41, 5.74) is 0.910. The lowest BCUT2D eigenvalue weighted by Crippen LogP contribution is -2.10. The van der Waals surface area contributed by atoms with Crippen LogP contribution in [0.25, 0.3) is 0 Å². The van der Waals surface area contributed by atoms with E-state index < -0.39 is 0 Å². The fourth-order valence-electron chi connectivity index (χ4n) is 1.16. The van der Waals surface area contributed by atoms with Crippen molar-refractivity contribution in [1.82, 2.24) is 0 Å². The molecule has 0 bridgehead atoms. The zero-order valence-electron chi connectivity index (χ0n) is 6.40. The summed E-state index contributed by atoms with van der Waals surface area (Å²) < 4.78 is 10.1. The van der Waals surface area contributed by atoms with Crippen LogP contribution in [0.3, 0.4) is 0 Å². The molecule has 1 aromatic heterocycles. The van der Waals surface area contributed by atoms with E-state index in [9.17, 15) is 4.79 Å². The summed E-state index contributed by atoms with van der Waals surface area (Å²) in [6, 6.07) is 1.80. The molecule has 1 aliphatic rings. The van der Waals surface area contributed by atoms with Gasteiger partial charge in [0, 0.05) is 11.6 Å². The third kappa shape index (κ3) is 1.25. The number of carbonyl (C=O) groups is 1. The molecule has 0 radical (unpaired) electrons. The van der Waals surface area contributed by atoms with Gasteiger partial charge in [-0.2, -0.15) is 0 Å². The first-order valence-electron chi connectivity index (χ1n) is 3.73. The second kappa shape index (κ2) is 2.85. The van der Waals surface area contributed by atoms with Gasteiger partial charge in [0.25, 0.3) is 0 Å². The van der Waals surface area contributed by atoms with Gasteiger partial charge in [0.15, 0.2) is 5.78 Å². The van der Waals surface area contributed by atoms with E-state index in [0.717, 1.165) is 5.56 Å². The molecule has 0 saturated carbocycles. The molecule has 0 N–H and O–H groups in total. The highest BCUT2D eigenvalue weighted by atomic mass is 16.5. The first kappa shape index (κ1) is 7.16. The Morgan fingerprint density at radius 2 is 2.42 bits per heavy atom. The van der Waals surface area contributed by atoms with Crippen molar-refractivity contribution in [1.29, 1.82) is 0 Å². The van der Waals surface area contributed by atoms with Gasteiger partial charge in [-0.05, 0) is 6.07 Å². The molecule has 62 valence electrons. The smallest absolute Gasteiger partial charge is 0.162 e. The fourth-order valence-corrected chi connectivity index (χ4v) is 1.16. The average molecular weight is 164 g/mol. The number of ketones is 1. The van der Waals surface area contributed by atoms with Crippen LogP contribution in [-0.2, 0) is 9.53 Å². The maximum atomic E-state index is 11.0. The molecule has 2 heterocycles. The highest BCUT2D eigenvalue weighted by Crippen LogP contribution is 2.24. The van der Waals surface area contributed by atoms with Crippen LogP contribution < -0.4 is 0 Å². The van der Waals surface area contributed by atoms with Crippen LogP contribution in [0.1, 0.15) is 18.1 Å². The van der Waals surface area contributed by atoms with Gasteiger partial charge in [-0.25, -0.2) is 0 Å². The highest BCUT2D eigenvalue weighted by Gasteiger charge is 2.19. The Labute approximate surface area is 69.6 Å². The lowest BCUT2D eigenvalue weighted by molar-refractivity contribution is -0.118. The van der Waals surface area contributed by atoms with Crippen molar-refractivity contribution in [2.45, 2.75) is 12.5 Å². The average Bonchev–Trinajstić information content (AvgIpc) is 2.56. The molecule has 3 heteroatoms. The standard InChI is InChI=1S/C9H8O3/c10-8-2-4-12-9(5-8)7-1-3-11-6-7/h1-4,6,9H,5H2/t9-/m0/s1. The topological polar surface area (TPSA) is 39.4 Å². The highest BCUT2D eigenvalue weighted by molar-refractivity contribution is 5.90. The first-order valence-corrected chi connectivity index (χ1v) is 3.73. The van der Waals surface area contributed by atoms with Crippen molar-refractivity contribution >= 4 is 5.78 Å². The zero-order valence-corrected chi connectivity index (χ0v) is 6.40. The van der Waals surface area contributed by atoms with Crippen molar-refractivity contribution < 1.29 is 13.9 Å². The van der Waals surface area contributed by atoms with Crippen LogP contribution in [0.5, 0.6) is 0 Å². The zero-order chi connectivity index (χ0) is 8.39. The third-order valence-electron chi connectivity index (χ3n) is 1.80. The Balaban J connectivity index is 2.17. The van der Waals surface area contributed by atoms with Crippen LogP contribution in [0.15, 0.2) is 35.3 Å². The normalized spacial score (nSPS) is 22.3. The molecule has 3 nitrogen and oxygen atoms in total. The summed E-state index contributed by atoms with van der Waals surface area (Å²) in [4.78, 5) is 11.0. The van der Waals surface area contributed by atoms with Crippen LogP contribution in [0.2, 0.25) is 0 Å². The van der Waals surface area contributed by atoms with Gasteiger partial charge in [0.05, 0.1) is 25.2 Å². The van der Waals surface area contributed by atoms with Crippen LogP contribution in [-0.4, -0.2) is 5.78 Å². The van der Waals surface area contributed by atoms with Gasteiger partial charge in [0.2, 0.25) is 0 Å². The number of rotatable bonds is 1. The van der Waals surface area contributed by atoms with Crippen molar-refractivity contribution in [2.75, 3.05) is 0 Å². The lowest BCUT2D eigenvalue weighted by Gasteiger charge is -2.16. The van der Waals surface area contributed by atoms with E-state index in [2.05, 4.69) is 0 Å². The molecule has 12 heavy (non-hydrogen) atoms. The summed E-state index contributed by atoms with van der Waals surface area (Å²) in [6.45, 7) is 0. The number of hydrogen-bond donors (Lipinski definition) is 0. The molecule has 0 unspecified atom stereocenters. The summed E-state index contributed by atoms with van der Waals surface area (Å²) in [6.07, 6.45) is 6.27. The number of ether oxygens (including phenoxy) is 1. The maximum Gasteiger partial charge on any atom is 0.162 e. The minimum atomic E-state index is -0.166. The predicted molar refractivity (Wildman–Crippen MR) is 41.3 cm³/mol. The Morgan fingerprint density at radius 3 is 3.08 bits per heavy atom. The Bertz CT molecular complexity index is 298. The van der Waals surface area contributed by atoms with Gasteiger partial charge >= 0.3 is 0 Å². The summed E-state index contributed by atoms with van der Waals surface area (Å²) in [7, 11) is 0. The molecule has 1 aliphatic heterocycles. The van der Waals surface area contributed by atoms with Crippen LogP contribution in [0, 0.1) is 0 Å². The molecule has 0 amide bonds. The first-order chi connectivity index (χ1) is 5.86. The molecule has 0 aliphatic carbocycles. The third-order valence-corrected chi connectivity index (χ3v) is 1.80. The molecule has 0 aromatic carbocycles. The second-order valence-electron chi connectivity index (χ2n) is 2.65. The quantitative estimate of drug-likeness (QED) is 0.635. The van der Waals surface area contributed by atoms with E-state index >= 15 is 0 Å². The summed E-state index contributed by atoms with van der Waals surface area (Å²) in [5, 5.41) is 0. The van der Waals surface area contributed by atoms with Crippen molar-refractivity contribution in [3.8, 4) is 0 Å². The monoisotopic (exact) mass is 164 g/mol. The van der Waals surface area contributed by atoms with Crippen molar-refractivity contribution in [3.05, 3.63) is 36.5 Å². The number of allylic oxidation sites excluding steroid dienone is 1. The molecule has 2 rings (SSSR count). The van der Waals surface area contributed by atoms with Crippen molar-refractivity contribution in [2.24, 2.45) is 0 Å². The van der Waals surface area contributed by atoms with Crippen molar-refractivity contribution in [3.63, 3.8) is 0 Å². The van der Waals surface area contributed by atoms with E-state index in [-0.39, 0.29) is 11.9 Å². The van der Waals surface area contributed by atoms with Gasteiger partial charge in [0.1, 0.15) is 6.10 Å². The van der Waals surface area contributed by atoms with E-state index in [0.29, 0.717) is 6.42 Å². The minimum Gasteiger partial charge on any atom is -0.493 e. The fraction of sp³-hybridized carbons (Fsp3) is 0.222. The predicted octanol–water partition coefficient (Wildman–Crippen LogP) is 1.82. The largest absolute Gasteiger partial charge is 0.493 e. The minimum absolute atomic E-state index is 0.0902. The molecular weight excluding hydrogens is 156 g/mol. The van der Waals surface area contributed by atoms with Gasteiger partial charge in [-0.3, -0.25) is 4.79 Å². The van der Waals surface area contributed by atoms with E-state index in [4.69, 9.17) is 9.15 Å². The lowest BCUT2D eigenvalue weighted by atomic mass is 10.1. The molecular formula is C9H8O3. The van der Waals surface area contributed by atoms with E-state index in [1.807, 2.05) is 0 Å². The molecule has 1 atom stereocenters. The SMILES string of the molecule is O=C1C=CO[C@H](c2ccoc2)C1. The Hall–Kier alpha value is -1.51. The van der Waals surface area contributed by atoms with E-state index in [1.165, 1.54) is 12.3 Å². The molecule has 0 saturated heterocycles. The molecule has 0 fully saturated rings. The summed E-state index contributed by atoms with van der Waals surface area (Å²) in [5.74, 6) is 0.0902. The van der Waals surface area contributed by atoms with Gasteiger partial charge in [-0.15, -0.1) is 0 Å². The number of furan rings is 1. The molecule has 0 spiro atoms. The summed E-state index contributed by atoms with van der Waals surface area (Å²) >= 11 is 0. The Kier molecular flexibility index (Phi) is 1.70. The second-order valence-corrected chi connectivity index (χ2v) is 2.65. The van der Waals surface area contributed by atoms with Crippen LogP contribution in [0.4, 0.5) is 0 Å². The van der Waals surface area contributed by atoms with Gasteiger partial charge < -0.3 is 9.15 Å².